The van der Waals surface area contributed by atoms with Crippen molar-refractivity contribution in [3.8, 4) is 11.5 Å². The van der Waals surface area contributed by atoms with Crippen molar-refractivity contribution in [3.05, 3.63) is 23.3 Å². The first kappa shape index (κ1) is 16.0. The Balaban J connectivity index is 0.000000492. The van der Waals surface area contributed by atoms with Crippen LogP contribution in [0.25, 0.3) is 0 Å². The molecular weight excluding hydrogens is 352 g/mol. The molecule has 0 radical (unpaired) electrons. The molecule has 1 aliphatic rings. The number of ether oxygens (including phenoxy) is 1. The third-order valence-electron chi connectivity index (χ3n) is 2.51. The molecule has 3 nitrogen and oxygen atoms in total. The number of hydrogen-bond donors (Lipinski definition) is 1. The Morgan fingerprint density at radius 3 is 2.56 bits per heavy atom. The molecule has 98 valence electrons. The van der Waals surface area contributed by atoms with Crippen LogP contribution in [-0.4, -0.2) is 24.5 Å². The zero-order chi connectivity index (χ0) is 13.5. The number of aliphatic imine (C=N–C) groups is 1. The van der Waals surface area contributed by atoms with Crippen LogP contribution in [0.2, 0.25) is 0 Å². The SMILES string of the molecule is COc1cc(C)c(O)c(C=NC2CC2)c1.[Cl][Zr][Cl]. The normalized spacial score (nSPS) is 14.0. The molecule has 0 unspecified atom stereocenters. The summed E-state index contributed by atoms with van der Waals surface area (Å²) < 4.78 is 5.14. The molecule has 1 aliphatic carbocycles. The van der Waals surface area contributed by atoms with E-state index in [2.05, 4.69) is 4.99 Å². The van der Waals surface area contributed by atoms with Gasteiger partial charge in [0.1, 0.15) is 11.5 Å². The van der Waals surface area contributed by atoms with E-state index in [1.807, 2.05) is 13.0 Å². The first-order valence-electron chi connectivity index (χ1n) is 5.49. The number of aromatic hydroxyl groups is 1. The average Bonchev–Trinajstić information content (AvgIpc) is 3.16. The Hall–Kier alpha value is -0.0469. The van der Waals surface area contributed by atoms with Crippen LogP contribution in [0.1, 0.15) is 24.0 Å². The predicted octanol–water partition coefficient (Wildman–Crippen LogP) is 3.67. The standard InChI is InChI=1S/C12H15NO2.2ClH.Zr/c1-8-5-11(15-2)6-9(12(8)14)7-13-10-3-4-10;;;/h5-7,10,14H,3-4H2,1-2H3;2*1H;/q;;;+2/p-2. The van der Waals surface area contributed by atoms with Crippen molar-refractivity contribution in [3.63, 3.8) is 0 Å². The molecule has 18 heavy (non-hydrogen) atoms. The van der Waals surface area contributed by atoms with Crippen LogP contribution in [0.15, 0.2) is 17.1 Å². The van der Waals surface area contributed by atoms with Crippen LogP contribution in [0.4, 0.5) is 0 Å². The Bertz CT molecular complexity index is 423. The number of benzene rings is 1. The summed E-state index contributed by atoms with van der Waals surface area (Å²) in [7, 11) is 11.5. The fourth-order valence-corrected chi connectivity index (χ4v) is 1.40. The summed E-state index contributed by atoms with van der Waals surface area (Å²) in [5, 5.41) is 9.80. The van der Waals surface area contributed by atoms with Crippen LogP contribution in [0.5, 0.6) is 11.5 Å². The number of aryl methyl sites for hydroxylation is 1. The van der Waals surface area contributed by atoms with Gasteiger partial charge < -0.3 is 9.84 Å². The molecule has 0 heterocycles. The second-order valence-electron chi connectivity index (χ2n) is 3.96. The summed E-state index contributed by atoms with van der Waals surface area (Å²) >= 11 is -0.826. The van der Waals surface area contributed by atoms with Gasteiger partial charge in [0, 0.05) is 11.8 Å². The van der Waals surface area contributed by atoms with Crippen LogP contribution in [-0.2, 0) is 20.8 Å². The van der Waals surface area contributed by atoms with E-state index < -0.39 is 20.8 Å². The number of hydrogen-bond acceptors (Lipinski definition) is 3. The molecule has 0 saturated heterocycles. The molecule has 0 atom stereocenters. The second kappa shape index (κ2) is 8.19. The van der Waals surface area contributed by atoms with Crippen molar-refractivity contribution in [1.29, 1.82) is 0 Å². The molecule has 1 fully saturated rings. The summed E-state index contributed by atoms with van der Waals surface area (Å²) in [4.78, 5) is 4.34. The number of rotatable bonds is 3. The van der Waals surface area contributed by atoms with Gasteiger partial charge in [0.15, 0.2) is 0 Å². The molecule has 6 heteroatoms. The molecule has 0 bridgehead atoms. The minimum absolute atomic E-state index is 0.292. The summed E-state index contributed by atoms with van der Waals surface area (Å²) in [6.07, 6.45) is 4.07. The van der Waals surface area contributed by atoms with E-state index in [9.17, 15) is 5.11 Å². The van der Waals surface area contributed by atoms with E-state index in [0.717, 1.165) is 16.9 Å². The Morgan fingerprint density at radius 2 is 2.06 bits per heavy atom. The Morgan fingerprint density at radius 1 is 1.44 bits per heavy atom. The van der Waals surface area contributed by atoms with Crippen LogP contribution in [0, 0.1) is 6.92 Å². The first-order chi connectivity index (χ1) is 8.62. The zero-order valence-electron chi connectivity index (χ0n) is 10.3. The van der Waals surface area contributed by atoms with E-state index in [1.54, 1.807) is 19.4 Å². The van der Waals surface area contributed by atoms with Crippen LogP contribution < -0.4 is 4.74 Å². The van der Waals surface area contributed by atoms with Gasteiger partial charge in [-0.3, -0.25) is 4.99 Å². The van der Waals surface area contributed by atoms with E-state index in [-0.39, 0.29) is 0 Å². The van der Waals surface area contributed by atoms with Gasteiger partial charge in [-0.2, -0.15) is 0 Å². The van der Waals surface area contributed by atoms with Crippen molar-refractivity contribution in [2.75, 3.05) is 7.11 Å². The molecule has 1 aromatic rings. The topological polar surface area (TPSA) is 41.8 Å². The van der Waals surface area contributed by atoms with Gasteiger partial charge in [-0.25, -0.2) is 0 Å². The third kappa shape index (κ3) is 5.30. The number of phenolic OH excluding ortho intramolecular Hbond substituents is 1. The van der Waals surface area contributed by atoms with Gasteiger partial charge in [-0.05, 0) is 37.5 Å². The maximum absolute atomic E-state index is 9.80. The van der Waals surface area contributed by atoms with Crippen LogP contribution in [0.3, 0.4) is 0 Å². The molecular formula is C12H15Cl2NO2Zr. The second-order valence-corrected chi connectivity index (χ2v) is 7.69. The van der Waals surface area contributed by atoms with Crippen molar-refractivity contribution in [2.45, 2.75) is 25.8 Å². The molecule has 1 N–H and O–H groups in total. The van der Waals surface area contributed by atoms with Gasteiger partial charge in [0.05, 0.1) is 13.2 Å². The molecule has 0 amide bonds. The zero-order valence-corrected chi connectivity index (χ0v) is 14.3. The van der Waals surface area contributed by atoms with E-state index in [0.29, 0.717) is 11.8 Å². The maximum atomic E-state index is 9.80. The number of halogens is 2. The summed E-state index contributed by atoms with van der Waals surface area (Å²) in [5.41, 5.74) is 1.55. The van der Waals surface area contributed by atoms with Gasteiger partial charge in [-0.1, -0.05) is 0 Å². The van der Waals surface area contributed by atoms with Crippen LogP contribution >= 0.6 is 17.0 Å². The van der Waals surface area contributed by atoms with E-state index in [4.69, 9.17) is 21.8 Å². The number of nitrogens with zero attached hydrogens (tertiary/aromatic N) is 1. The average molecular weight is 367 g/mol. The number of methoxy groups -OCH3 is 1. The summed E-state index contributed by atoms with van der Waals surface area (Å²) in [6, 6.07) is 4.08. The third-order valence-corrected chi connectivity index (χ3v) is 2.51. The Labute approximate surface area is 126 Å². The van der Waals surface area contributed by atoms with E-state index >= 15 is 0 Å². The van der Waals surface area contributed by atoms with Gasteiger partial charge in [0.25, 0.3) is 0 Å². The number of phenols is 1. The minimum atomic E-state index is -0.826. The summed E-state index contributed by atoms with van der Waals surface area (Å²) in [6.45, 7) is 1.85. The van der Waals surface area contributed by atoms with Gasteiger partial charge >= 0.3 is 37.9 Å². The molecule has 1 aromatic carbocycles. The molecule has 1 saturated carbocycles. The van der Waals surface area contributed by atoms with Crippen molar-refractivity contribution < 1.29 is 30.7 Å². The fourth-order valence-electron chi connectivity index (χ4n) is 1.40. The van der Waals surface area contributed by atoms with Gasteiger partial charge in [-0.15, -0.1) is 0 Å². The van der Waals surface area contributed by atoms with Crippen molar-refractivity contribution in [1.82, 2.24) is 0 Å². The van der Waals surface area contributed by atoms with Crippen molar-refractivity contribution in [2.24, 2.45) is 4.99 Å². The molecule has 2 rings (SSSR count). The molecule has 0 aromatic heterocycles. The summed E-state index contributed by atoms with van der Waals surface area (Å²) in [5.74, 6) is 1.04. The molecule has 0 spiro atoms. The Kier molecular flexibility index (Phi) is 7.28. The van der Waals surface area contributed by atoms with Gasteiger partial charge in [0.2, 0.25) is 0 Å². The molecule has 0 aliphatic heterocycles. The van der Waals surface area contributed by atoms with Crippen molar-refractivity contribution >= 4 is 23.2 Å². The predicted molar refractivity (Wildman–Crippen MR) is 71.7 cm³/mol. The fraction of sp³-hybridized carbons (Fsp3) is 0.417. The quantitative estimate of drug-likeness (QED) is 0.829. The monoisotopic (exact) mass is 365 g/mol. The van der Waals surface area contributed by atoms with E-state index in [1.165, 1.54) is 12.8 Å². The first-order valence-corrected chi connectivity index (χ1v) is 11.8.